The molecule has 2 aliphatic heterocycles. The Morgan fingerprint density at radius 2 is 2.21 bits per heavy atom. The maximum atomic E-state index is 11.6. The molecular formula is C17H19N3O3S. The van der Waals surface area contributed by atoms with Gasteiger partial charge in [0.2, 0.25) is 12.7 Å². The van der Waals surface area contributed by atoms with Crippen LogP contribution in [0, 0.1) is 0 Å². The summed E-state index contributed by atoms with van der Waals surface area (Å²) in [6, 6.07) is 5.68. The predicted molar refractivity (Wildman–Crippen MR) is 90.9 cm³/mol. The Morgan fingerprint density at radius 1 is 1.33 bits per heavy atom. The van der Waals surface area contributed by atoms with Crippen molar-refractivity contribution in [1.29, 1.82) is 0 Å². The highest BCUT2D eigenvalue weighted by atomic mass is 32.1. The topological polar surface area (TPSA) is 77.7 Å². The van der Waals surface area contributed by atoms with Crippen molar-refractivity contribution in [3.8, 4) is 22.1 Å². The molecule has 1 amide bonds. The number of amides is 1. The summed E-state index contributed by atoms with van der Waals surface area (Å²) < 4.78 is 10.8. The van der Waals surface area contributed by atoms with Crippen LogP contribution in [0.15, 0.2) is 23.6 Å². The standard InChI is InChI=1S/C17H19N3O3S/c18-16(21)13-3-1-2-6-20(13)8-12-9-24-17(19-12)11-4-5-14-15(7-11)23-10-22-14/h4-5,7,9,13H,1-3,6,8,10H2,(H2,18,21)/t13-/m0/s1. The fraction of sp³-hybridized carbons (Fsp3) is 0.412. The number of primary amides is 1. The lowest BCUT2D eigenvalue weighted by Crippen LogP contribution is -2.47. The maximum Gasteiger partial charge on any atom is 0.234 e. The van der Waals surface area contributed by atoms with Gasteiger partial charge in [-0.3, -0.25) is 9.69 Å². The highest BCUT2D eigenvalue weighted by molar-refractivity contribution is 7.13. The smallest absolute Gasteiger partial charge is 0.234 e. The third-order valence-corrected chi connectivity index (χ3v) is 5.42. The fourth-order valence-electron chi connectivity index (χ4n) is 3.25. The van der Waals surface area contributed by atoms with Gasteiger partial charge in [-0.2, -0.15) is 0 Å². The number of carbonyl (C=O) groups excluding carboxylic acids is 1. The number of fused-ring (bicyclic) bond motifs is 1. The van der Waals surface area contributed by atoms with E-state index < -0.39 is 0 Å². The van der Waals surface area contributed by atoms with Crippen molar-refractivity contribution >= 4 is 17.2 Å². The summed E-state index contributed by atoms with van der Waals surface area (Å²) >= 11 is 1.60. The van der Waals surface area contributed by atoms with Crippen molar-refractivity contribution in [1.82, 2.24) is 9.88 Å². The molecule has 1 atom stereocenters. The molecule has 126 valence electrons. The molecule has 1 aromatic heterocycles. The van der Waals surface area contributed by atoms with E-state index in [1.165, 1.54) is 0 Å². The normalized spacial score (nSPS) is 20.2. The van der Waals surface area contributed by atoms with Crippen LogP contribution in [-0.2, 0) is 11.3 Å². The van der Waals surface area contributed by atoms with Crippen molar-refractivity contribution in [2.75, 3.05) is 13.3 Å². The Bertz CT molecular complexity index is 761. The highest BCUT2D eigenvalue weighted by Gasteiger charge is 2.27. The molecule has 24 heavy (non-hydrogen) atoms. The molecule has 0 radical (unpaired) electrons. The van der Waals surface area contributed by atoms with E-state index in [9.17, 15) is 4.79 Å². The first-order valence-electron chi connectivity index (χ1n) is 8.08. The minimum absolute atomic E-state index is 0.172. The number of nitrogens with zero attached hydrogens (tertiary/aromatic N) is 2. The number of nitrogens with two attached hydrogens (primary N) is 1. The van der Waals surface area contributed by atoms with Crippen molar-refractivity contribution < 1.29 is 14.3 Å². The van der Waals surface area contributed by atoms with Crippen molar-refractivity contribution in [2.24, 2.45) is 5.73 Å². The molecule has 0 saturated carbocycles. The molecule has 0 spiro atoms. The van der Waals surface area contributed by atoms with Crippen LogP contribution in [0.3, 0.4) is 0 Å². The first kappa shape index (κ1) is 15.4. The van der Waals surface area contributed by atoms with Gasteiger partial charge in [0.05, 0.1) is 11.7 Å². The number of hydrogen-bond acceptors (Lipinski definition) is 6. The molecule has 4 rings (SSSR count). The number of likely N-dealkylation sites (tertiary alicyclic amines) is 1. The summed E-state index contributed by atoms with van der Waals surface area (Å²) in [4.78, 5) is 18.5. The number of hydrogen-bond donors (Lipinski definition) is 1. The predicted octanol–water partition coefficient (Wildman–Crippen LogP) is 2.38. The minimum Gasteiger partial charge on any atom is -0.454 e. The quantitative estimate of drug-likeness (QED) is 0.920. The fourth-order valence-corrected chi connectivity index (χ4v) is 4.06. The summed E-state index contributed by atoms with van der Waals surface area (Å²) in [6.45, 7) is 1.82. The van der Waals surface area contributed by atoms with Gasteiger partial charge in [-0.15, -0.1) is 11.3 Å². The van der Waals surface area contributed by atoms with Crippen LogP contribution in [0.25, 0.3) is 10.6 Å². The Balaban J connectivity index is 1.51. The van der Waals surface area contributed by atoms with E-state index >= 15 is 0 Å². The molecule has 3 heterocycles. The van der Waals surface area contributed by atoms with Gasteiger partial charge in [-0.1, -0.05) is 6.42 Å². The monoisotopic (exact) mass is 345 g/mol. The zero-order valence-corrected chi connectivity index (χ0v) is 14.1. The van der Waals surface area contributed by atoms with E-state index in [4.69, 9.17) is 20.2 Å². The van der Waals surface area contributed by atoms with Crippen LogP contribution in [0.4, 0.5) is 0 Å². The number of thiazole rings is 1. The summed E-state index contributed by atoms with van der Waals surface area (Å²) in [6.07, 6.45) is 3.00. The summed E-state index contributed by atoms with van der Waals surface area (Å²) in [5, 5.41) is 2.99. The molecule has 1 fully saturated rings. The number of aromatic nitrogens is 1. The lowest BCUT2D eigenvalue weighted by molar-refractivity contribution is -0.124. The van der Waals surface area contributed by atoms with E-state index in [2.05, 4.69) is 4.90 Å². The molecule has 0 bridgehead atoms. The number of ether oxygens (including phenoxy) is 2. The van der Waals surface area contributed by atoms with Gasteiger partial charge in [0.25, 0.3) is 0 Å². The average molecular weight is 345 g/mol. The Labute approximate surface area is 144 Å². The highest BCUT2D eigenvalue weighted by Crippen LogP contribution is 2.36. The Hall–Kier alpha value is -2.12. The Morgan fingerprint density at radius 3 is 3.08 bits per heavy atom. The zero-order valence-electron chi connectivity index (χ0n) is 13.2. The molecule has 2 aromatic rings. The Kier molecular flexibility index (Phi) is 4.12. The molecule has 2 aliphatic rings. The van der Waals surface area contributed by atoms with Crippen LogP contribution in [-0.4, -0.2) is 35.2 Å². The number of carbonyl (C=O) groups is 1. The van der Waals surface area contributed by atoms with Crippen LogP contribution in [0.1, 0.15) is 25.0 Å². The van der Waals surface area contributed by atoms with Gasteiger partial charge in [0, 0.05) is 17.5 Å². The molecule has 2 N–H and O–H groups in total. The average Bonchev–Trinajstić information content (AvgIpc) is 3.23. The summed E-state index contributed by atoms with van der Waals surface area (Å²) in [5.74, 6) is 1.29. The number of rotatable bonds is 4. The second-order valence-electron chi connectivity index (χ2n) is 6.10. The third kappa shape index (κ3) is 2.97. The molecule has 7 heteroatoms. The van der Waals surface area contributed by atoms with E-state index in [1.54, 1.807) is 11.3 Å². The van der Waals surface area contributed by atoms with E-state index in [-0.39, 0.29) is 18.7 Å². The van der Waals surface area contributed by atoms with Crippen LogP contribution in [0.2, 0.25) is 0 Å². The van der Waals surface area contributed by atoms with Gasteiger partial charge in [-0.25, -0.2) is 4.98 Å². The maximum absolute atomic E-state index is 11.6. The van der Waals surface area contributed by atoms with Crippen molar-refractivity contribution in [2.45, 2.75) is 31.8 Å². The lowest BCUT2D eigenvalue weighted by atomic mass is 10.0. The van der Waals surface area contributed by atoms with E-state index in [0.29, 0.717) is 6.54 Å². The minimum atomic E-state index is -0.235. The molecule has 6 nitrogen and oxygen atoms in total. The molecule has 0 aliphatic carbocycles. The first-order chi connectivity index (χ1) is 11.7. The van der Waals surface area contributed by atoms with Gasteiger partial charge < -0.3 is 15.2 Å². The lowest BCUT2D eigenvalue weighted by Gasteiger charge is -2.32. The van der Waals surface area contributed by atoms with Gasteiger partial charge in [-0.05, 0) is 37.6 Å². The number of benzene rings is 1. The van der Waals surface area contributed by atoms with Crippen molar-refractivity contribution in [3.63, 3.8) is 0 Å². The number of piperidine rings is 1. The second kappa shape index (κ2) is 6.41. The zero-order chi connectivity index (χ0) is 16.5. The second-order valence-corrected chi connectivity index (χ2v) is 6.95. The van der Waals surface area contributed by atoms with E-state index in [0.717, 1.165) is 53.6 Å². The van der Waals surface area contributed by atoms with Crippen LogP contribution < -0.4 is 15.2 Å². The third-order valence-electron chi connectivity index (χ3n) is 4.48. The van der Waals surface area contributed by atoms with Crippen LogP contribution >= 0.6 is 11.3 Å². The largest absolute Gasteiger partial charge is 0.454 e. The molecule has 1 aromatic carbocycles. The van der Waals surface area contributed by atoms with Crippen molar-refractivity contribution in [3.05, 3.63) is 29.3 Å². The first-order valence-corrected chi connectivity index (χ1v) is 8.96. The van der Waals surface area contributed by atoms with Gasteiger partial charge in [0.15, 0.2) is 11.5 Å². The van der Waals surface area contributed by atoms with Crippen LogP contribution in [0.5, 0.6) is 11.5 Å². The van der Waals surface area contributed by atoms with Gasteiger partial charge >= 0.3 is 0 Å². The molecule has 1 saturated heterocycles. The van der Waals surface area contributed by atoms with Gasteiger partial charge in [0.1, 0.15) is 5.01 Å². The summed E-state index contributed by atoms with van der Waals surface area (Å²) in [5.41, 5.74) is 7.52. The van der Waals surface area contributed by atoms with E-state index in [1.807, 2.05) is 23.6 Å². The molecular weight excluding hydrogens is 326 g/mol. The summed E-state index contributed by atoms with van der Waals surface area (Å²) in [7, 11) is 0. The molecule has 0 unspecified atom stereocenters. The SMILES string of the molecule is NC(=O)[C@@H]1CCCCN1Cc1csc(-c2ccc3c(c2)OCO3)n1.